The number of hydrogen-bond donors (Lipinski definition) is 0. The Kier molecular flexibility index (Phi) is 3.10. The van der Waals surface area contributed by atoms with E-state index >= 15 is 0 Å². The molecule has 0 heterocycles. The molecule has 0 aliphatic heterocycles. The van der Waals surface area contributed by atoms with Gasteiger partial charge in [-0.15, -0.1) is 11.8 Å². The number of hydrogen-bond acceptors (Lipinski definition) is 3. The van der Waals surface area contributed by atoms with Crippen LogP contribution in [0.1, 0.15) is 18.1 Å². The highest BCUT2D eigenvalue weighted by molar-refractivity contribution is 8.00. The molecule has 1 aliphatic rings. The number of fused-ring (bicyclic) bond motifs is 1. The molecule has 4 heteroatoms. The molecule has 1 atom stereocenters. The largest absolute Gasteiger partial charge is 0.282 e. The molecular formula is C16H13NO2S. The number of rotatable bonds is 3. The minimum atomic E-state index is -0.323. The van der Waals surface area contributed by atoms with Crippen molar-refractivity contribution in [2.75, 3.05) is 0 Å². The molecule has 2 aromatic carbocycles. The molecule has 0 saturated carbocycles. The van der Waals surface area contributed by atoms with Crippen LogP contribution in [0, 0.1) is 10.1 Å². The van der Waals surface area contributed by atoms with Gasteiger partial charge in [-0.1, -0.05) is 48.6 Å². The smallest absolute Gasteiger partial charge is 0.258 e. The fourth-order valence-electron chi connectivity index (χ4n) is 2.44. The molecule has 0 aromatic heterocycles. The molecule has 0 fully saturated rings. The molecule has 0 N–H and O–H groups in total. The fourth-order valence-corrected chi connectivity index (χ4v) is 3.73. The predicted molar refractivity (Wildman–Crippen MR) is 81.8 cm³/mol. The first-order valence-corrected chi connectivity index (χ1v) is 7.13. The van der Waals surface area contributed by atoms with Crippen molar-refractivity contribution >= 4 is 23.5 Å². The molecule has 0 bridgehead atoms. The van der Waals surface area contributed by atoms with E-state index in [9.17, 15) is 10.1 Å². The van der Waals surface area contributed by atoms with Crippen molar-refractivity contribution < 1.29 is 4.92 Å². The van der Waals surface area contributed by atoms with Gasteiger partial charge in [0.1, 0.15) is 0 Å². The van der Waals surface area contributed by atoms with Crippen LogP contribution in [-0.4, -0.2) is 4.92 Å². The first-order valence-electron chi connectivity index (χ1n) is 6.31. The monoisotopic (exact) mass is 283 g/mol. The van der Waals surface area contributed by atoms with Gasteiger partial charge in [-0.05, 0) is 24.1 Å². The van der Waals surface area contributed by atoms with Gasteiger partial charge < -0.3 is 0 Å². The van der Waals surface area contributed by atoms with Crippen LogP contribution in [-0.2, 0) is 4.75 Å². The standard InChI is InChI=1S/C16H13NO2S/c1-16(11-10-12-6-2-3-7-13(12)16)20-15-9-5-4-8-14(15)17(18)19/h2-11H,1H3. The zero-order valence-electron chi connectivity index (χ0n) is 10.9. The van der Waals surface area contributed by atoms with Gasteiger partial charge in [0.05, 0.1) is 14.6 Å². The van der Waals surface area contributed by atoms with E-state index in [1.807, 2.05) is 24.3 Å². The molecule has 1 aliphatic carbocycles. The van der Waals surface area contributed by atoms with E-state index in [2.05, 4.69) is 31.2 Å². The van der Waals surface area contributed by atoms with Crippen molar-refractivity contribution in [2.24, 2.45) is 0 Å². The van der Waals surface area contributed by atoms with Crippen LogP contribution in [0.15, 0.2) is 59.5 Å². The second kappa shape index (κ2) is 4.80. The van der Waals surface area contributed by atoms with Crippen molar-refractivity contribution in [3.8, 4) is 0 Å². The summed E-state index contributed by atoms with van der Waals surface area (Å²) in [6.45, 7) is 2.09. The van der Waals surface area contributed by atoms with Crippen LogP contribution in [0.2, 0.25) is 0 Å². The van der Waals surface area contributed by atoms with Gasteiger partial charge >= 0.3 is 0 Å². The van der Waals surface area contributed by atoms with E-state index in [1.165, 1.54) is 22.9 Å². The highest BCUT2D eigenvalue weighted by Gasteiger charge is 2.32. The molecule has 20 heavy (non-hydrogen) atoms. The SMILES string of the molecule is CC1(Sc2ccccc2[N+](=O)[O-])C=Cc2ccccc21. The molecule has 0 radical (unpaired) electrons. The molecule has 0 amide bonds. The van der Waals surface area contributed by atoms with Crippen LogP contribution in [0.5, 0.6) is 0 Å². The van der Waals surface area contributed by atoms with E-state index in [0.29, 0.717) is 4.90 Å². The highest BCUT2D eigenvalue weighted by atomic mass is 32.2. The molecule has 1 unspecified atom stereocenters. The molecule has 2 aromatic rings. The first-order chi connectivity index (χ1) is 9.60. The average molecular weight is 283 g/mol. The lowest BCUT2D eigenvalue weighted by molar-refractivity contribution is -0.387. The van der Waals surface area contributed by atoms with Gasteiger partial charge in [0.2, 0.25) is 0 Å². The van der Waals surface area contributed by atoms with E-state index in [-0.39, 0.29) is 15.4 Å². The third-order valence-corrected chi connectivity index (χ3v) is 4.81. The van der Waals surface area contributed by atoms with Crippen LogP contribution in [0.3, 0.4) is 0 Å². The maximum absolute atomic E-state index is 11.1. The summed E-state index contributed by atoms with van der Waals surface area (Å²) in [4.78, 5) is 11.5. The Morgan fingerprint density at radius 3 is 2.60 bits per heavy atom. The number of nitrogens with zero attached hydrogens (tertiary/aromatic N) is 1. The Balaban J connectivity index is 2.01. The van der Waals surface area contributed by atoms with Crippen molar-refractivity contribution in [1.29, 1.82) is 0 Å². The predicted octanol–water partition coefficient (Wildman–Crippen LogP) is 4.63. The van der Waals surface area contributed by atoms with Crippen LogP contribution in [0.25, 0.3) is 6.08 Å². The summed E-state index contributed by atoms with van der Waals surface area (Å²) in [5.41, 5.74) is 2.54. The number of nitro benzene ring substituents is 1. The molecule has 3 nitrogen and oxygen atoms in total. The number of para-hydroxylation sites is 1. The second-order valence-electron chi connectivity index (χ2n) is 4.85. The van der Waals surface area contributed by atoms with Crippen LogP contribution < -0.4 is 0 Å². The Labute approximate surface area is 121 Å². The van der Waals surface area contributed by atoms with Gasteiger partial charge in [0, 0.05) is 6.07 Å². The molecule has 3 rings (SSSR count). The van der Waals surface area contributed by atoms with Crippen molar-refractivity contribution in [2.45, 2.75) is 16.6 Å². The van der Waals surface area contributed by atoms with Crippen molar-refractivity contribution in [1.82, 2.24) is 0 Å². The molecule has 100 valence electrons. The number of nitro groups is 1. The minimum Gasteiger partial charge on any atom is -0.258 e. The fraction of sp³-hybridized carbons (Fsp3) is 0.125. The number of benzene rings is 2. The summed E-state index contributed by atoms with van der Waals surface area (Å²) in [6, 6.07) is 15.0. The zero-order valence-corrected chi connectivity index (χ0v) is 11.8. The van der Waals surface area contributed by atoms with Gasteiger partial charge in [0.25, 0.3) is 5.69 Å². The maximum atomic E-state index is 11.1. The highest BCUT2D eigenvalue weighted by Crippen LogP contribution is 2.49. The van der Waals surface area contributed by atoms with E-state index in [4.69, 9.17) is 0 Å². The summed E-state index contributed by atoms with van der Waals surface area (Å²) in [5.74, 6) is 0. The molecule has 0 spiro atoms. The average Bonchev–Trinajstić information content (AvgIpc) is 2.77. The summed E-state index contributed by atoms with van der Waals surface area (Å²) >= 11 is 1.52. The van der Waals surface area contributed by atoms with E-state index in [1.54, 1.807) is 12.1 Å². The van der Waals surface area contributed by atoms with Gasteiger partial charge in [0.15, 0.2) is 0 Å². The van der Waals surface area contributed by atoms with Gasteiger partial charge in [-0.3, -0.25) is 10.1 Å². The van der Waals surface area contributed by atoms with E-state index < -0.39 is 0 Å². The van der Waals surface area contributed by atoms with Crippen molar-refractivity contribution in [3.05, 3.63) is 75.8 Å². The second-order valence-corrected chi connectivity index (χ2v) is 6.35. The summed E-state index contributed by atoms with van der Waals surface area (Å²) in [7, 11) is 0. The Bertz CT molecular complexity index is 711. The Morgan fingerprint density at radius 2 is 1.80 bits per heavy atom. The number of thioether (sulfide) groups is 1. The van der Waals surface area contributed by atoms with Gasteiger partial charge in [-0.2, -0.15) is 0 Å². The van der Waals surface area contributed by atoms with E-state index in [0.717, 1.165) is 0 Å². The lowest BCUT2D eigenvalue weighted by Crippen LogP contribution is -2.11. The van der Waals surface area contributed by atoms with Gasteiger partial charge in [-0.25, -0.2) is 0 Å². The maximum Gasteiger partial charge on any atom is 0.282 e. The lowest BCUT2D eigenvalue weighted by Gasteiger charge is -2.23. The topological polar surface area (TPSA) is 43.1 Å². The molecule has 0 saturated heterocycles. The third kappa shape index (κ3) is 2.12. The summed E-state index contributed by atoms with van der Waals surface area (Å²) in [6.07, 6.45) is 4.19. The normalized spacial score (nSPS) is 19.9. The summed E-state index contributed by atoms with van der Waals surface area (Å²) in [5, 5.41) is 11.1. The first kappa shape index (κ1) is 12.9. The van der Waals surface area contributed by atoms with Crippen LogP contribution in [0.4, 0.5) is 5.69 Å². The zero-order chi connectivity index (χ0) is 14.2. The van der Waals surface area contributed by atoms with Crippen LogP contribution >= 0.6 is 11.8 Å². The quantitative estimate of drug-likeness (QED) is 0.609. The Morgan fingerprint density at radius 1 is 1.10 bits per heavy atom. The third-order valence-electron chi connectivity index (χ3n) is 3.46. The summed E-state index contributed by atoms with van der Waals surface area (Å²) < 4.78 is -0.261. The minimum absolute atomic E-state index is 0.163. The van der Waals surface area contributed by atoms with Crippen molar-refractivity contribution in [3.63, 3.8) is 0 Å². The lowest BCUT2D eigenvalue weighted by atomic mass is 10.0. The Hall–Kier alpha value is -2.07. The molecular weight excluding hydrogens is 270 g/mol.